The third kappa shape index (κ3) is 7.46. The molecule has 0 saturated heterocycles. The molecule has 1 amide bonds. The molecule has 7 heteroatoms. The van der Waals surface area contributed by atoms with Gasteiger partial charge in [-0.2, -0.15) is 0 Å². The Morgan fingerprint density at radius 2 is 2.08 bits per heavy atom. The van der Waals surface area contributed by atoms with Gasteiger partial charge >= 0.3 is 0 Å². The minimum absolute atomic E-state index is 0.0622. The number of nitrogens with one attached hydrogen (secondary N) is 1. The second-order valence-electron chi connectivity index (χ2n) is 2.70. The van der Waals surface area contributed by atoms with E-state index >= 15 is 0 Å². The van der Waals surface area contributed by atoms with Crippen molar-refractivity contribution in [3.63, 3.8) is 0 Å². The molecule has 0 spiro atoms. The van der Waals surface area contributed by atoms with Gasteiger partial charge in [0, 0.05) is 13.9 Å². The standard InChI is InChI=1S/C6H15N2O2P3/c1-4(9)5(7)2-3-6(10)8-13(11)12/h5H,2-3,7,11-12H2,1H3,(H,8,10). The predicted molar refractivity (Wildman–Crippen MR) is 62.4 cm³/mol. The summed E-state index contributed by atoms with van der Waals surface area (Å²) in [4.78, 5) is 21.8. The van der Waals surface area contributed by atoms with Crippen LogP contribution in [0.1, 0.15) is 19.8 Å². The summed E-state index contributed by atoms with van der Waals surface area (Å²) in [5.41, 5.74) is 5.46. The highest BCUT2D eigenvalue weighted by molar-refractivity contribution is 8.42. The molecule has 0 aromatic heterocycles. The highest BCUT2D eigenvalue weighted by Gasteiger charge is 2.10. The molecule has 13 heavy (non-hydrogen) atoms. The number of carbonyl (C=O) groups excluding carboxylic acids is 2. The third-order valence-corrected chi connectivity index (χ3v) is 2.74. The molecular formula is C6H15N2O2P3. The molecule has 0 heterocycles. The van der Waals surface area contributed by atoms with Gasteiger partial charge in [0.1, 0.15) is 5.78 Å². The number of amides is 1. The first-order valence-corrected chi connectivity index (χ1v) is 8.36. The van der Waals surface area contributed by atoms with Gasteiger partial charge in [-0.25, -0.2) is 0 Å². The van der Waals surface area contributed by atoms with Crippen LogP contribution in [0.15, 0.2) is 0 Å². The number of carbonyl (C=O) groups is 2. The number of hydrogen-bond donors (Lipinski definition) is 2. The van der Waals surface area contributed by atoms with Gasteiger partial charge in [0.15, 0.2) is 0 Å². The van der Waals surface area contributed by atoms with Crippen molar-refractivity contribution in [1.29, 1.82) is 0 Å². The van der Waals surface area contributed by atoms with Gasteiger partial charge in [0.25, 0.3) is 0 Å². The lowest BCUT2D eigenvalue weighted by Gasteiger charge is -2.09. The van der Waals surface area contributed by atoms with E-state index in [2.05, 4.69) is 22.9 Å². The Balaban J connectivity index is 3.64. The van der Waals surface area contributed by atoms with Gasteiger partial charge in [-0.05, 0) is 13.3 Å². The van der Waals surface area contributed by atoms with Gasteiger partial charge in [-0.1, -0.05) is 17.9 Å². The molecule has 3 N–H and O–H groups in total. The van der Waals surface area contributed by atoms with Crippen LogP contribution in [0.3, 0.4) is 0 Å². The van der Waals surface area contributed by atoms with Crippen LogP contribution in [0.5, 0.6) is 0 Å². The van der Waals surface area contributed by atoms with Crippen molar-refractivity contribution in [3.8, 4) is 0 Å². The first-order valence-electron chi connectivity index (χ1n) is 3.78. The molecule has 3 unspecified atom stereocenters. The zero-order valence-electron chi connectivity index (χ0n) is 7.49. The van der Waals surface area contributed by atoms with E-state index in [-0.39, 0.29) is 11.7 Å². The topological polar surface area (TPSA) is 72.2 Å². The van der Waals surface area contributed by atoms with Crippen molar-refractivity contribution in [2.45, 2.75) is 25.8 Å². The zero-order valence-corrected chi connectivity index (χ0v) is 10.7. The maximum atomic E-state index is 11.1. The normalized spacial score (nSPS) is 12.7. The van der Waals surface area contributed by atoms with Crippen molar-refractivity contribution < 1.29 is 9.59 Å². The number of ketones is 1. The fourth-order valence-corrected chi connectivity index (χ4v) is 1.95. The zero-order chi connectivity index (χ0) is 10.4. The van der Waals surface area contributed by atoms with E-state index in [0.717, 1.165) is 0 Å². The Morgan fingerprint density at radius 1 is 1.54 bits per heavy atom. The fraction of sp³-hybridized carbons (Fsp3) is 0.667. The highest BCUT2D eigenvalue weighted by Crippen LogP contribution is 2.48. The lowest BCUT2D eigenvalue weighted by molar-refractivity contribution is -0.120. The maximum absolute atomic E-state index is 11.1. The Morgan fingerprint density at radius 3 is 2.46 bits per heavy atom. The molecule has 4 nitrogen and oxygen atoms in total. The van der Waals surface area contributed by atoms with E-state index in [1.807, 2.05) is 0 Å². The lowest BCUT2D eigenvalue weighted by atomic mass is 10.1. The first kappa shape index (κ1) is 13.4. The smallest absolute Gasteiger partial charge is 0.223 e. The minimum Gasteiger partial charge on any atom is -0.329 e. The van der Waals surface area contributed by atoms with E-state index in [9.17, 15) is 9.59 Å². The first-order chi connectivity index (χ1) is 5.93. The molecule has 0 aliphatic heterocycles. The molecule has 0 aliphatic carbocycles. The molecule has 0 rings (SSSR count). The van der Waals surface area contributed by atoms with Crippen LogP contribution in [0.4, 0.5) is 0 Å². The minimum atomic E-state index is -0.578. The van der Waals surface area contributed by atoms with Crippen LogP contribution in [-0.4, -0.2) is 17.7 Å². The quantitative estimate of drug-likeness (QED) is 0.697. The van der Waals surface area contributed by atoms with Gasteiger partial charge < -0.3 is 10.8 Å². The average molecular weight is 240 g/mol. The summed E-state index contributed by atoms with van der Waals surface area (Å²) in [7, 11) is 4.41. The van der Waals surface area contributed by atoms with Crippen molar-refractivity contribution >= 4 is 37.0 Å². The number of rotatable bonds is 5. The molecule has 0 aromatic rings. The molecule has 0 bridgehead atoms. The van der Waals surface area contributed by atoms with E-state index in [1.165, 1.54) is 6.92 Å². The van der Waals surface area contributed by atoms with Gasteiger partial charge in [0.2, 0.25) is 5.91 Å². The number of Topliss-reactive ketones (excluding diaryl/α,β-unsaturated/α-hetero) is 1. The van der Waals surface area contributed by atoms with Crippen LogP contribution < -0.4 is 10.8 Å². The molecule has 0 fully saturated rings. The molecule has 76 valence electrons. The van der Waals surface area contributed by atoms with E-state index in [1.54, 1.807) is 0 Å². The molecule has 0 aliphatic rings. The Labute approximate surface area is 83.8 Å². The monoisotopic (exact) mass is 240 g/mol. The molecule has 0 radical (unpaired) electrons. The maximum Gasteiger partial charge on any atom is 0.223 e. The number of hydrogen-bond acceptors (Lipinski definition) is 3. The third-order valence-electron chi connectivity index (χ3n) is 1.46. The summed E-state index contributed by atoms with van der Waals surface area (Å²) in [6.07, 6.45) is 0.724. The van der Waals surface area contributed by atoms with Crippen molar-refractivity contribution in [2.24, 2.45) is 5.73 Å². The fourth-order valence-electron chi connectivity index (χ4n) is 0.690. The molecule has 3 atom stereocenters. The van der Waals surface area contributed by atoms with E-state index < -0.39 is 13.5 Å². The Hall–Kier alpha value is 0.390. The van der Waals surface area contributed by atoms with E-state index in [0.29, 0.717) is 12.8 Å². The number of nitrogens with two attached hydrogens (primary N) is 1. The van der Waals surface area contributed by atoms with Crippen LogP contribution in [-0.2, 0) is 9.59 Å². The van der Waals surface area contributed by atoms with Gasteiger partial charge in [0.05, 0.1) is 6.04 Å². The molecular weight excluding hydrogens is 225 g/mol. The largest absolute Gasteiger partial charge is 0.329 e. The second kappa shape index (κ2) is 6.79. The van der Waals surface area contributed by atoms with Crippen LogP contribution in [0.2, 0.25) is 0 Å². The lowest BCUT2D eigenvalue weighted by Crippen LogP contribution is -2.30. The Kier molecular flexibility index (Phi) is 6.99. The molecule has 0 aromatic carbocycles. The summed E-state index contributed by atoms with van der Waals surface area (Å²) in [6.45, 7) is 1.43. The summed E-state index contributed by atoms with van der Waals surface area (Å²) in [5.74, 6) is -0.139. The van der Waals surface area contributed by atoms with Crippen molar-refractivity contribution in [2.75, 3.05) is 0 Å². The van der Waals surface area contributed by atoms with Crippen molar-refractivity contribution in [1.82, 2.24) is 5.09 Å². The summed E-state index contributed by atoms with van der Waals surface area (Å²) in [6, 6.07) is -0.508. The second-order valence-corrected chi connectivity index (χ2v) is 8.86. The van der Waals surface area contributed by atoms with Crippen molar-refractivity contribution in [3.05, 3.63) is 0 Å². The highest BCUT2D eigenvalue weighted by atomic mass is 32.4. The van der Waals surface area contributed by atoms with E-state index in [4.69, 9.17) is 5.73 Å². The summed E-state index contributed by atoms with van der Waals surface area (Å²) < 4.78 is 0. The van der Waals surface area contributed by atoms with Crippen LogP contribution in [0.25, 0.3) is 0 Å². The Bertz CT molecular complexity index is 198. The average Bonchev–Trinajstić information content (AvgIpc) is 1.98. The summed E-state index contributed by atoms with van der Waals surface area (Å²) >= 11 is 0. The van der Waals surface area contributed by atoms with Gasteiger partial charge in [-0.3, -0.25) is 9.59 Å². The SMILES string of the molecule is CC(=O)C(N)CCC(=O)NP(P)P. The van der Waals surface area contributed by atoms with Gasteiger partial charge in [-0.15, -0.1) is 0 Å². The van der Waals surface area contributed by atoms with Crippen LogP contribution >= 0.6 is 25.3 Å². The van der Waals surface area contributed by atoms with Crippen LogP contribution in [0, 0.1) is 0 Å². The predicted octanol–water partition coefficient (Wildman–Crippen LogP) is 0.776. The summed E-state index contributed by atoms with van der Waals surface area (Å²) in [5, 5.41) is 2.72. The molecule has 0 saturated carbocycles.